The van der Waals surface area contributed by atoms with Crippen molar-refractivity contribution in [1.29, 1.82) is 0 Å². The first-order chi connectivity index (χ1) is 6.84. The summed E-state index contributed by atoms with van der Waals surface area (Å²) in [6.07, 6.45) is 0. The van der Waals surface area contributed by atoms with Crippen LogP contribution in [0.25, 0.3) is 0 Å². The van der Waals surface area contributed by atoms with E-state index in [1.54, 1.807) is 0 Å². The molecule has 1 aromatic carbocycles. The first-order valence-electron chi connectivity index (χ1n) is 4.26. The molecule has 0 saturated heterocycles. The number of rotatable bonds is 3. The summed E-state index contributed by atoms with van der Waals surface area (Å²) in [5, 5.41) is 14.7. The third-order valence-electron chi connectivity index (χ3n) is 1.78. The predicted molar refractivity (Wildman–Crippen MR) is 54.4 cm³/mol. The van der Waals surface area contributed by atoms with Crippen LogP contribution in [0.4, 0.5) is 0 Å². The van der Waals surface area contributed by atoms with Crippen molar-refractivity contribution >= 4 is 19.4 Å². The number of aryl methyl sites for hydroxylation is 1. The minimum absolute atomic E-state index is 0.400. The molecule has 14 heavy (non-hydrogen) atoms. The van der Waals surface area contributed by atoms with Gasteiger partial charge in [-0.1, -0.05) is 0 Å². The van der Waals surface area contributed by atoms with Gasteiger partial charge in [0.15, 0.2) is 0 Å². The number of aromatic nitrogens is 4. The fourth-order valence-corrected chi connectivity index (χ4v) is 2.59. The molecule has 0 unspecified atom stereocenters. The maximum atomic E-state index is 3.92. The molecule has 1 N–H and O–H groups in total. The summed E-state index contributed by atoms with van der Waals surface area (Å²) in [5.74, 6) is 0.797. The molecule has 0 radical (unpaired) electrons. The summed E-state index contributed by atoms with van der Waals surface area (Å²) >= 11 is 0.400. The number of nitrogens with zero attached hydrogens (tertiary/aromatic N) is 3. The Morgan fingerprint density at radius 3 is 2.71 bits per heavy atom. The molecule has 1 aromatic heterocycles. The second-order valence-corrected chi connectivity index (χ2v) is 5.13. The molecule has 5 heteroatoms. The molecule has 0 atom stereocenters. The first-order valence-corrected chi connectivity index (χ1v) is 6.33. The predicted octanol–water partition coefficient (Wildman–Crippen LogP) is 0.0378. The van der Waals surface area contributed by atoms with Gasteiger partial charge in [-0.3, -0.25) is 0 Å². The standard InChI is InChI=1S/C9H10N4Se/c1-7-2-4-8(5-3-7)14-6-9-10-12-13-11-9/h2-5H,6H2,1H3,(H,10,11,12,13). The van der Waals surface area contributed by atoms with E-state index in [9.17, 15) is 0 Å². The molecule has 0 aliphatic heterocycles. The zero-order valence-electron chi connectivity index (χ0n) is 7.77. The molecule has 1 heterocycles. The van der Waals surface area contributed by atoms with Gasteiger partial charge in [-0.05, 0) is 0 Å². The van der Waals surface area contributed by atoms with Gasteiger partial charge in [0, 0.05) is 0 Å². The van der Waals surface area contributed by atoms with E-state index in [1.807, 2.05) is 0 Å². The van der Waals surface area contributed by atoms with E-state index in [2.05, 4.69) is 51.8 Å². The van der Waals surface area contributed by atoms with Gasteiger partial charge >= 0.3 is 87.9 Å². The topological polar surface area (TPSA) is 54.5 Å². The van der Waals surface area contributed by atoms with Crippen molar-refractivity contribution in [3.63, 3.8) is 0 Å². The van der Waals surface area contributed by atoms with Gasteiger partial charge in [0.25, 0.3) is 0 Å². The Labute approximate surface area is 88.3 Å². The van der Waals surface area contributed by atoms with Crippen LogP contribution in [0.1, 0.15) is 11.4 Å². The molecule has 2 aromatic rings. The van der Waals surface area contributed by atoms with E-state index in [0.717, 1.165) is 11.1 Å². The number of aromatic amines is 1. The summed E-state index contributed by atoms with van der Waals surface area (Å²) in [7, 11) is 0. The Morgan fingerprint density at radius 1 is 1.29 bits per heavy atom. The zero-order chi connectivity index (χ0) is 9.80. The van der Waals surface area contributed by atoms with E-state index in [4.69, 9.17) is 0 Å². The quantitative estimate of drug-likeness (QED) is 0.786. The fraction of sp³-hybridized carbons (Fsp3) is 0.222. The van der Waals surface area contributed by atoms with Crippen LogP contribution >= 0.6 is 0 Å². The van der Waals surface area contributed by atoms with Crippen LogP contribution in [0, 0.1) is 6.92 Å². The van der Waals surface area contributed by atoms with Gasteiger partial charge in [0.1, 0.15) is 0 Å². The maximum absolute atomic E-state index is 3.92. The zero-order valence-corrected chi connectivity index (χ0v) is 9.48. The minimum atomic E-state index is 0.400. The fourth-order valence-electron chi connectivity index (χ4n) is 1.03. The Bertz CT molecular complexity index is 382. The summed E-state index contributed by atoms with van der Waals surface area (Å²) < 4.78 is 1.37. The Morgan fingerprint density at radius 2 is 2.07 bits per heavy atom. The SMILES string of the molecule is Cc1ccc([Se]Cc2nn[nH]n2)cc1. The van der Waals surface area contributed by atoms with Crippen LogP contribution in [-0.4, -0.2) is 35.6 Å². The number of nitrogens with one attached hydrogen (secondary N) is 1. The second-order valence-electron chi connectivity index (χ2n) is 2.93. The normalized spacial score (nSPS) is 10.4. The Kier molecular flexibility index (Phi) is 2.91. The second kappa shape index (κ2) is 4.35. The van der Waals surface area contributed by atoms with E-state index in [0.29, 0.717) is 15.0 Å². The molecule has 4 nitrogen and oxygen atoms in total. The van der Waals surface area contributed by atoms with Gasteiger partial charge in [0.05, 0.1) is 0 Å². The van der Waals surface area contributed by atoms with Crippen molar-refractivity contribution in [1.82, 2.24) is 20.6 Å². The van der Waals surface area contributed by atoms with Crippen LogP contribution in [0.3, 0.4) is 0 Å². The molecule has 0 spiro atoms. The summed E-state index contributed by atoms with van der Waals surface area (Å²) in [6.45, 7) is 2.09. The van der Waals surface area contributed by atoms with Crippen LogP contribution in [0.2, 0.25) is 0 Å². The van der Waals surface area contributed by atoms with Crippen molar-refractivity contribution in [3.8, 4) is 0 Å². The first kappa shape index (κ1) is 9.37. The number of H-pyrrole nitrogens is 1. The molecule has 0 aliphatic rings. The van der Waals surface area contributed by atoms with E-state index < -0.39 is 0 Å². The molecule has 0 fully saturated rings. The average molecular weight is 253 g/mol. The van der Waals surface area contributed by atoms with Gasteiger partial charge < -0.3 is 0 Å². The molecule has 0 bridgehead atoms. The molecular formula is C9H10N4Se. The third-order valence-corrected chi connectivity index (χ3v) is 3.89. The van der Waals surface area contributed by atoms with Crippen LogP contribution < -0.4 is 4.46 Å². The molecule has 2 rings (SSSR count). The van der Waals surface area contributed by atoms with Gasteiger partial charge in [-0.15, -0.1) is 0 Å². The molecular weight excluding hydrogens is 243 g/mol. The van der Waals surface area contributed by atoms with Gasteiger partial charge in [-0.25, -0.2) is 0 Å². The number of hydrogen-bond donors (Lipinski definition) is 1. The molecule has 0 saturated carbocycles. The van der Waals surface area contributed by atoms with Crippen molar-refractivity contribution in [3.05, 3.63) is 35.7 Å². The van der Waals surface area contributed by atoms with E-state index in [-0.39, 0.29) is 0 Å². The Balaban J connectivity index is 1.95. The van der Waals surface area contributed by atoms with Crippen molar-refractivity contribution in [2.45, 2.75) is 12.2 Å². The van der Waals surface area contributed by atoms with Gasteiger partial charge in [0.2, 0.25) is 0 Å². The molecule has 0 aliphatic carbocycles. The Hall–Kier alpha value is -1.19. The molecule has 0 amide bonds. The van der Waals surface area contributed by atoms with Crippen LogP contribution in [0.15, 0.2) is 24.3 Å². The van der Waals surface area contributed by atoms with Crippen molar-refractivity contribution < 1.29 is 0 Å². The van der Waals surface area contributed by atoms with E-state index >= 15 is 0 Å². The monoisotopic (exact) mass is 254 g/mol. The summed E-state index contributed by atoms with van der Waals surface area (Å²) in [5.41, 5.74) is 1.30. The third kappa shape index (κ3) is 2.40. The summed E-state index contributed by atoms with van der Waals surface area (Å²) in [4.78, 5) is 0. The number of tetrazole rings is 1. The molecule has 72 valence electrons. The summed E-state index contributed by atoms with van der Waals surface area (Å²) in [6, 6.07) is 8.59. The van der Waals surface area contributed by atoms with Crippen LogP contribution in [-0.2, 0) is 5.32 Å². The van der Waals surface area contributed by atoms with Crippen LogP contribution in [0.5, 0.6) is 0 Å². The van der Waals surface area contributed by atoms with Crippen molar-refractivity contribution in [2.24, 2.45) is 0 Å². The number of hydrogen-bond acceptors (Lipinski definition) is 3. The average Bonchev–Trinajstić information content (AvgIpc) is 2.70. The van der Waals surface area contributed by atoms with Crippen molar-refractivity contribution in [2.75, 3.05) is 0 Å². The number of benzene rings is 1. The van der Waals surface area contributed by atoms with E-state index in [1.165, 1.54) is 10.0 Å². The van der Waals surface area contributed by atoms with Gasteiger partial charge in [-0.2, -0.15) is 0 Å².